The molecule has 3 nitrogen and oxygen atoms in total. The highest BCUT2D eigenvalue weighted by atomic mass is 16.2. The Hall–Kier alpha value is -2.34. The molecule has 0 aromatic heterocycles. The van der Waals surface area contributed by atoms with E-state index in [1.807, 2.05) is 12.1 Å². The molecule has 2 amide bonds. The van der Waals surface area contributed by atoms with Crippen molar-refractivity contribution in [3.05, 3.63) is 42.0 Å². The third-order valence-corrected chi connectivity index (χ3v) is 2.14. The third-order valence-electron chi connectivity index (χ3n) is 2.14. The van der Waals surface area contributed by atoms with Crippen LogP contribution in [-0.4, -0.2) is 16.7 Å². The molecule has 15 heavy (non-hydrogen) atoms. The average molecular weight is 197 g/mol. The lowest BCUT2D eigenvalue weighted by Gasteiger charge is -2.04. The van der Waals surface area contributed by atoms with Crippen LogP contribution in [0.4, 0.5) is 0 Å². The molecular weight excluding hydrogens is 190 g/mol. The maximum absolute atomic E-state index is 11.6. The van der Waals surface area contributed by atoms with Gasteiger partial charge in [0.2, 0.25) is 0 Å². The van der Waals surface area contributed by atoms with Gasteiger partial charge >= 0.3 is 0 Å². The molecule has 2 rings (SSSR count). The predicted molar refractivity (Wildman–Crippen MR) is 55.1 cm³/mol. The zero-order chi connectivity index (χ0) is 10.8. The van der Waals surface area contributed by atoms with Gasteiger partial charge in [-0.05, 0) is 5.56 Å². The lowest BCUT2D eigenvalue weighted by molar-refractivity contribution is -0.132. The Labute approximate surface area is 87.0 Å². The van der Waals surface area contributed by atoms with E-state index in [-0.39, 0.29) is 0 Å². The first kappa shape index (κ1) is 9.22. The number of carbonyl (C=O) groups is 2. The molecule has 0 saturated carbocycles. The van der Waals surface area contributed by atoms with Gasteiger partial charge in [-0.3, -0.25) is 9.59 Å². The quantitative estimate of drug-likeness (QED) is 0.498. The fourth-order valence-electron chi connectivity index (χ4n) is 1.42. The summed E-state index contributed by atoms with van der Waals surface area (Å²) < 4.78 is 0. The Morgan fingerprint density at radius 1 is 1.13 bits per heavy atom. The molecule has 1 aliphatic heterocycles. The molecule has 0 unspecified atom stereocenters. The van der Waals surface area contributed by atoms with Crippen molar-refractivity contribution in [1.29, 1.82) is 0 Å². The number of amides is 2. The number of benzene rings is 1. The highest BCUT2D eigenvalue weighted by Crippen LogP contribution is 2.22. The minimum Gasteiger partial charge on any atom is -0.268 e. The predicted octanol–water partition coefficient (Wildman–Crippen LogP) is 1.03. The number of hydrogen-bond acceptors (Lipinski definition) is 2. The number of terminal acetylenes is 1. The normalized spacial score (nSPS) is 15.1. The van der Waals surface area contributed by atoms with E-state index in [0.717, 1.165) is 4.90 Å². The van der Waals surface area contributed by atoms with Gasteiger partial charge in [-0.1, -0.05) is 36.8 Å². The standard InChI is InChI=1S/C12H7NO2/c1-2-13-11(14)8-10(12(13)15)9-6-4-3-5-7-9/h1,3-8H. The van der Waals surface area contributed by atoms with Crippen molar-refractivity contribution in [3.63, 3.8) is 0 Å². The topological polar surface area (TPSA) is 37.4 Å². The van der Waals surface area contributed by atoms with E-state index < -0.39 is 11.8 Å². The van der Waals surface area contributed by atoms with Crippen molar-refractivity contribution < 1.29 is 9.59 Å². The Morgan fingerprint density at radius 2 is 1.80 bits per heavy atom. The summed E-state index contributed by atoms with van der Waals surface area (Å²) in [5.74, 6) is -0.893. The Bertz CT molecular complexity index is 494. The molecule has 0 spiro atoms. The summed E-state index contributed by atoms with van der Waals surface area (Å²) in [4.78, 5) is 23.7. The highest BCUT2D eigenvalue weighted by Gasteiger charge is 2.30. The SMILES string of the molecule is C#CN1C(=O)C=C(c2ccccc2)C1=O. The third kappa shape index (κ3) is 1.42. The van der Waals surface area contributed by atoms with Gasteiger partial charge in [0.15, 0.2) is 0 Å². The Balaban J connectivity index is 2.43. The number of rotatable bonds is 1. The van der Waals surface area contributed by atoms with E-state index in [2.05, 4.69) is 0 Å². The van der Waals surface area contributed by atoms with Gasteiger partial charge in [0.1, 0.15) is 0 Å². The van der Waals surface area contributed by atoms with Gasteiger partial charge in [-0.25, -0.2) is 0 Å². The van der Waals surface area contributed by atoms with Crippen LogP contribution in [-0.2, 0) is 9.59 Å². The molecule has 0 bridgehead atoms. The zero-order valence-corrected chi connectivity index (χ0v) is 7.81. The summed E-state index contributed by atoms with van der Waals surface area (Å²) in [7, 11) is 0. The van der Waals surface area contributed by atoms with Crippen LogP contribution in [0.25, 0.3) is 5.57 Å². The number of carbonyl (C=O) groups excluding carboxylic acids is 2. The fourth-order valence-corrected chi connectivity index (χ4v) is 1.42. The Morgan fingerprint density at radius 3 is 2.33 bits per heavy atom. The molecule has 0 saturated heterocycles. The minimum atomic E-state index is -0.457. The zero-order valence-electron chi connectivity index (χ0n) is 7.81. The average Bonchev–Trinajstić information content (AvgIpc) is 2.55. The monoisotopic (exact) mass is 197 g/mol. The number of hydrogen-bond donors (Lipinski definition) is 0. The van der Waals surface area contributed by atoms with Gasteiger partial charge in [0.25, 0.3) is 11.8 Å². The molecular formula is C12H7NO2. The van der Waals surface area contributed by atoms with E-state index in [1.165, 1.54) is 6.08 Å². The molecule has 0 fully saturated rings. The van der Waals surface area contributed by atoms with E-state index in [1.54, 1.807) is 24.3 Å². The van der Waals surface area contributed by atoms with Gasteiger partial charge in [0, 0.05) is 12.1 Å². The summed E-state index contributed by atoms with van der Waals surface area (Å²) >= 11 is 0. The largest absolute Gasteiger partial charge is 0.273 e. The van der Waals surface area contributed by atoms with E-state index in [0.29, 0.717) is 11.1 Å². The van der Waals surface area contributed by atoms with Crippen molar-refractivity contribution in [2.45, 2.75) is 0 Å². The smallest absolute Gasteiger partial charge is 0.268 e. The van der Waals surface area contributed by atoms with Crippen molar-refractivity contribution >= 4 is 17.4 Å². The molecule has 0 N–H and O–H groups in total. The van der Waals surface area contributed by atoms with Crippen LogP contribution in [0.2, 0.25) is 0 Å². The fraction of sp³-hybridized carbons (Fsp3) is 0. The van der Waals surface area contributed by atoms with Crippen LogP contribution in [0.3, 0.4) is 0 Å². The molecule has 3 heteroatoms. The van der Waals surface area contributed by atoms with Crippen LogP contribution < -0.4 is 0 Å². The second-order valence-electron chi connectivity index (χ2n) is 3.03. The van der Waals surface area contributed by atoms with Crippen molar-refractivity contribution in [1.82, 2.24) is 4.90 Å². The van der Waals surface area contributed by atoms with Crippen LogP contribution in [0.15, 0.2) is 36.4 Å². The maximum Gasteiger partial charge on any atom is 0.273 e. The molecule has 1 aliphatic rings. The van der Waals surface area contributed by atoms with Crippen LogP contribution in [0, 0.1) is 12.5 Å². The first-order valence-corrected chi connectivity index (χ1v) is 4.36. The second kappa shape index (κ2) is 3.43. The summed E-state index contributed by atoms with van der Waals surface area (Å²) in [6.07, 6.45) is 6.32. The van der Waals surface area contributed by atoms with Crippen molar-refractivity contribution in [2.75, 3.05) is 0 Å². The van der Waals surface area contributed by atoms with E-state index in [9.17, 15) is 9.59 Å². The summed E-state index contributed by atoms with van der Waals surface area (Å²) in [5, 5.41) is 0. The molecule has 0 radical (unpaired) electrons. The van der Waals surface area contributed by atoms with Gasteiger partial charge in [-0.15, -0.1) is 0 Å². The molecule has 1 heterocycles. The molecule has 1 aromatic carbocycles. The van der Waals surface area contributed by atoms with Gasteiger partial charge in [-0.2, -0.15) is 4.90 Å². The minimum absolute atomic E-state index is 0.346. The molecule has 1 aromatic rings. The van der Waals surface area contributed by atoms with Crippen LogP contribution >= 0.6 is 0 Å². The van der Waals surface area contributed by atoms with E-state index >= 15 is 0 Å². The maximum atomic E-state index is 11.6. The number of nitrogens with zero attached hydrogens (tertiary/aromatic N) is 1. The summed E-state index contributed by atoms with van der Waals surface area (Å²) in [6, 6.07) is 11.0. The lowest BCUT2D eigenvalue weighted by atomic mass is 10.1. The molecule has 0 atom stereocenters. The Kier molecular flexibility index (Phi) is 2.11. The van der Waals surface area contributed by atoms with Gasteiger partial charge < -0.3 is 0 Å². The van der Waals surface area contributed by atoms with Crippen molar-refractivity contribution in [2.24, 2.45) is 0 Å². The summed E-state index contributed by atoms with van der Waals surface area (Å²) in [5.41, 5.74) is 1.05. The summed E-state index contributed by atoms with van der Waals surface area (Å²) in [6.45, 7) is 0. The van der Waals surface area contributed by atoms with E-state index in [4.69, 9.17) is 6.42 Å². The molecule has 0 aliphatic carbocycles. The van der Waals surface area contributed by atoms with Crippen molar-refractivity contribution in [3.8, 4) is 12.5 Å². The molecule has 72 valence electrons. The highest BCUT2D eigenvalue weighted by molar-refractivity contribution is 6.34. The first-order valence-electron chi connectivity index (χ1n) is 4.36. The first-order chi connectivity index (χ1) is 7.24. The lowest BCUT2D eigenvalue weighted by Crippen LogP contribution is -2.25. The number of imide groups is 1. The van der Waals surface area contributed by atoms with Crippen LogP contribution in [0.1, 0.15) is 5.56 Å². The van der Waals surface area contributed by atoms with Crippen LogP contribution in [0.5, 0.6) is 0 Å². The second-order valence-corrected chi connectivity index (χ2v) is 3.03. The van der Waals surface area contributed by atoms with Gasteiger partial charge in [0.05, 0.1) is 5.57 Å².